The van der Waals surface area contributed by atoms with Gasteiger partial charge in [0.15, 0.2) is 34.7 Å². The summed E-state index contributed by atoms with van der Waals surface area (Å²) in [5, 5.41) is 32.8. The first-order chi connectivity index (χ1) is 14.6. The van der Waals surface area contributed by atoms with E-state index in [0.717, 1.165) is 5.56 Å². The van der Waals surface area contributed by atoms with Gasteiger partial charge in [0.25, 0.3) is 0 Å². The van der Waals surface area contributed by atoms with E-state index in [9.17, 15) is 15.3 Å². The summed E-state index contributed by atoms with van der Waals surface area (Å²) < 4.78 is 17.7. The highest BCUT2D eigenvalue weighted by Crippen LogP contribution is 2.32. The molecule has 11 heteroatoms. The number of methoxy groups -OCH3 is 2. The Morgan fingerprint density at radius 2 is 1.90 bits per heavy atom. The molecule has 1 saturated heterocycles. The molecule has 160 valence electrons. The molecule has 3 aromatic rings. The molecule has 11 nitrogen and oxygen atoms in total. The van der Waals surface area contributed by atoms with Crippen molar-refractivity contribution >= 4 is 17.0 Å². The Hall–Kier alpha value is -2.99. The summed E-state index contributed by atoms with van der Waals surface area (Å²) in [6.45, 7) is 0.0433. The van der Waals surface area contributed by atoms with Crippen molar-refractivity contribution in [2.24, 2.45) is 0 Å². The zero-order chi connectivity index (χ0) is 21.3. The van der Waals surface area contributed by atoms with Crippen LogP contribution in [0, 0.1) is 0 Å². The molecule has 4 atom stereocenters. The molecular weight excluding hydrogens is 394 g/mol. The fourth-order valence-corrected chi connectivity index (χ4v) is 3.45. The second-order valence-electron chi connectivity index (χ2n) is 6.82. The molecule has 4 rings (SSSR count). The molecule has 30 heavy (non-hydrogen) atoms. The second kappa shape index (κ2) is 8.40. The lowest BCUT2D eigenvalue weighted by Crippen LogP contribution is -2.33. The minimum Gasteiger partial charge on any atom is -0.493 e. The van der Waals surface area contributed by atoms with Crippen LogP contribution >= 0.6 is 0 Å². The van der Waals surface area contributed by atoms with E-state index in [2.05, 4.69) is 20.3 Å². The van der Waals surface area contributed by atoms with Crippen molar-refractivity contribution in [3.63, 3.8) is 0 Å². The average Bonchev–Trinajstić information content (AvgIpc) is 3.33. The highest BCUT2D eigenvalue weighted by Gasteiger charge is 2.44. The quantitative estimate of drug-likeness (QED) is 0.417. The number of anilines is 1. The van der Waals surface area contributed by atoms with Gasteiger partial charge in [0.1, 0.15) is 24.6 Å². The molecule has 1 aliphatic rings. The van der Waals surface area contributed by atoms with Crippen molar-refractivity contribution in [1.29, 1.82) is 0 Å². The van der Waals surface area contributed by atoms with Crippen LogP contribution in [0.1, 0.15) is 11.8 Å². The number of nitrogens with zero attached hydrogens (tertiary/aromatic N) is 4. The highest BCUT2D eigenvalue weighted by molar-refractivity contribution is 5.82. The van der Waals surface area contributed by atoms with Gasteiger partial charge in [-0.1, -0.05) is 6.07 Å². The van der Waals surface area contributed by atoms with Crippen molar-refractivity contribution in [2.45, 2.75) is 31.1 Å². The lowest BCUT2D eigenvalue weighted by molar-refractivity contribution is -0.0511. The molecule has 4 N–H and O–H groups in total. The summed E-state index contributed by atoms with van der Waals surface area (Å²) in [5.41, 5.74) is 1.85. The van der Waals surface area contributed by atoms with E-state index in [1.807, 2.05) is 18.2 Å². The van der Waals surface area contributed by atoms with Crippen LogP contribution in [-0.4, -0.2) is 74.0 Å². The van der Waals surface area contributed by atoms with Crippen LogP contribution in [0.25, 0.3) is 11.2 Å². The normalized spacial score (nSPS) is 23.6. The third-order valence-corrected chi connectivity index (χ3v) is 5.06. The smallest absolute Gasteiger partial charge is 0.167 e. The van der Waals surface area contributed by atoms with E-state index in [-0.39, 0.29) is 0 Å². The van der Waals surface area contributed by atoms with Gasteiger partial charge in [-0.3, -0.25) is 4.57 Å². The van der Waals surface area contributed by atoms with Crippen molar-refractivity contribution in [3.05, 3.63) is 36.4 Å². The van der Waals surface area contributed by atoms with Crippen LogP contribution in [0.4, 0.5) is 5.82 Å². The molecule has 1 aliphatic heterocycles. The summed E-state index contributed by atoms with van der Waals surface area (Å²) in [4.78, 5) is 12.8. The molecule has 1 aromatic carbocycles. The SMILES string of the molecule is COc1ccc(CNc2ncnc3c2ncn3C2O[C@H](CO)[C@@H](O)[C@H]2O)cc1OC. The first kappa shape index (κ1) is 20.3. The van der Waals surface area contributed by atoms with Gasteiger partial charge in [0.05, 0.1) is 27.2 Å². The maximum absolute atomic E-state index is 10.3. The molecular formula is C19H23N5O6. The number of fused-ring (bicyclic) bond motifs is 1. The van der Waals surface area contributed by atoms with Gasteiger partial charge in [-0.2, -0.15) is 0 Å². The summed E-state index contributed by atoms with van der Waals surface area (Å²) in [5.74, 6) is 1.77. The summed E-state index contributed by atoms with van der Waals surface area (Å²) in [6, 6.07) is 5.59. The third kappa shape index (κ3) is 3.52. The number of imidazole rings is 1. The molecule has 0 saturated carbocycles. The van der Waals surface area contributed by atoms with Crippen molar-refractivity contribution in [2.75, 3.05) is 26.1 Å². The Kier molecular flexibility index (Phi) is 5.68. The predicted molar refractivity (Wildman–Crippen MR) is 105 cm³/mol. The first-order valence-electron chi connectivity index (χ1n) is 9.32. The summed E-state index contributed by atoms with van der Waals surface area (Å²) in [6.07, 6.45) is -1.40. The Morgan fingerprint density at radius 3 is 2.60 bits per heavy atom. The van der Waals surface area contributed by atoms with E-state index in [1.54, 1.807) is 14.2 Å². The first-order valence-corrected chi connectivity index (χ1v) is 9.32. The van der Waals surface area contributed by atoms with E-state index < -0.39 is 31.1 Å². The van der Waals surface area contributed by atoms with Gasteiger partial charge in [0.2, 0.25) is 0 Å². The summed E-state index contributed by atoms with van der Waals surface area (Å²) in [7, 11) is 3.16. The molecule has 1 fully saturated rings. The minimum atomic E-state index is -1.22. The van der Waals surface area contributed by atoms with Gasteiger partial charge in [-0.05, 0) is 17.7 Å². The standard InChI is InChI=1S/C19H23N5O6/c1-28-11-4-3-10(5-12(11)29-2)6-20-17-14-18(22-8-21-17)24(9-23-14)19-16(27)15(26)13(7-25)30-19/h3-5,8-9,13,15-16,19,25-27H,6-7H2,1-2H3,(H,20,21,22)/t13-,15-,16-,19?/m1/s1. The van der Waals surface area contributed by atoms with E-state index in [0.29, 0.717) is 35.0 Å². The molecule has 0 radical (unpaired) electrons. The zero-order valence-electron chi connectivity index (χ0n) is 16.5. The maximum Gasteiger partial charge on any atom is 0.167 e. The van der Waals surface area contributed by atoms with E-state index in [4.69, 9.17) is 14.2 Å². The maximum atomic E-state index is 10.3. The number of hydrogen-bond donors (Lipinski definition) is 4. The minimum absolute atomic E-state index is 0.408. The van der Waals surface area contributed by atoms with Gasteiger partial charge in [0, 0.05) is 6.54 Å². The zero-order valence-corrected chi connectivity index (χ0v) is 16.5. The number of rotatable bonds is 7. The highest BCUT2D eigenvalue weighted by atomic mass is 16.6. The van der Waals surface area contributed by atoms with Crippen molar-refractivity contribution < 1.29 is 29.5 Å². The fraction of sp³-hybridized carbons (Fsp3) is 0.421. The largest absolute Gasteiger partial charge is 0.493 e. The number of aromatic nitrogens is 4. The third-order valence-electron chi connectivity index (χ3n) is 5.06. The molecule has 0 spiro atoms. The lowest BCUT2D eigenvalue weighted by atomic mass is 10.1. The number of benzene rings is 1. The average molecular weight is 417 g/mol. The number of aliphatic hydroxyl groups is 3. The predicted octanol–water partition coefficient (Wildman–Crippen LogP) is 0.0671. The Balaban J connectivity index is 1.57. The number of aliphatic hydroxyl groups excluding tert-OH is 3. The Bertz CT molecular complexity index is 1030. The van der Waals surface area contributed by atoms with Gasteiger partial charge in [-0.15, -0.1) is 0 Å². The van der Waals surface area contributed by atoms with E-state index in [1.165, 1.54) is 17.2 Å². The molecule has 0 amide bonds. The van der Waals surface area contributed by atoms with Crippen molar-refractivity contribution in [1.82, 2.24) is 19.5 Å². The van der Waals surface area contributed by atoms with Gasteiger partial charge in [-0.25, -0.2) is 15.0 Å². The van der Waals surface area contributed by atoms with Gasteiger partial charge >= 0.3 is 0 Å². The Labute approximate surface area is 171 Å². The van der Waals surface area contributed by atoms with Crippen LogP contribution in [0.5, 0.6) is 11.5 Å². The molecule has 0 bridgehead atoms. The van der Waals surface area contributed by atoms with Crippen LogP contribution < -0.4 is 14.8 Å². The monoisotopic (exact) mass is 417 g/mol. The van der Waals surface area contributed by atoms with Crippen LogP contribution in [0.3, 0.4) is 0 Å². The van der Waals surface area contributed by atoms with E-state index >= 15 is 0 Å². The molecule has 3 heterocycles. The number of nitrogens with one attached hydrogen (secondary N) is 1. The van der Waals surface area contributed by atoms with Crippen LogP contribution in [0.15, 0.2) is 30.9 Å². The topological polar surface area (TPSA) is 144 Å². The fourth-order valence-electron chi connectivity index (χ4n) is 3.45. The molecule has 0 aliphatic carbocycles. The second-order valence-corrected chi connectivity index (χ2v) is 6.82. The van der Waals surface area contributed by atoms with Gasteiger partial charge < -0.3 is 34.8 Å². The lowest BCUT2D eigenvalue weighted by Gasteiger charge is -2.16. The van der Waals surface area contributed by atoms with Crippen molar-refractivity contribution in [3.8, 4) is 11.5 Å². The molecule has 1 unspecified atom stereocenters. The Morgan fingerprint density at radius 1 is 1.10 bits per heavy atom. The van der Waals surface area contributed by atoms with Crippen LogP contribution in [0.2, 0.25) is 0 Å². The number of hydrogen-bond acceptors (Lipinski definition) is 10. The van der Waals surface area contributed by atoms with Crippen LogP contribution in [-0.2, 0) is 11.3 Å². The molecule has 2 aromatic heterocycles. The number of ether oxygens (including phenoxy) is 3. The summed E-state index contributed by atoms with van der Waals surface area (Å²) >= 11 is 0.